The number of likely N-dealkylation sites (N-methyl/N-ethyl adjacent to an activating group) is 1. The summed E-state index contributed by atoms with van der Waals surface area (Å²) in [5, 5.41) is 3.06. The highest BCUT2D eigenvalue weighted by molar-refractivity contribution is 5.96. The Morgan fingerprint density at radius 3 is 2.61 bits per heavy atom. The highest BCUT2D eigenvalue weighted by Crippen LogP contribution is 2.34. The average molecular weight is 418 g/mol. The zero-order valence-corrected chi connectivity index (χ0v) is 17.9. The molecule has 0 radical (unpaired) electrons. The first kappa shape index (κ1) is 20.8. The van der Waals surface area contributed by atoms with E-state index in [4.69, 9.17) is 14.2 Å². The van der Waals surface area contributed by atoms with E-state index >= 15 is 0 Å². The number of nitrogens with one attached hydrogen (secondary N) is 1. The summed E-state index contributed by atoms with van der Waals surface area (Å²) in [4.78, 5) is 15.5. The molecule has 0 spiro atoms. The Labute approximate surface area is 182 Å². The van der Waals surface area contributed by atoms with Crippen LogP contribution in [0.3, 0.4) is 0 Å². The number of carbonyl (C=O) groups is 1. The number of ether oxygens (including phenoxy) is 3. The van der Waals surface area contributed by atoms with Crippen molar-refractivity contribution >= 4 is 11.6 Å². The first-order valence-corrected chi connectivity index (χ1v) is 10.1. The summed E-state index contributed by atoms with van der Waals surface area (Å²) in [6.45, 7) is 2.78. The summed E-state index contributed by atoms with van der Waals surface area (Å²) in [5.41, 5.74) is 3.65. The van der Waals surface area contributed by atoms with Gasteiger partial charge in [0, 0.05) is 6.54 Å². The van der Waals surface area contributed by atoms with Gasteiger partial charge in [-0.1, -0.05) is 42.5 Å². The van der Waals surface area contributed by atoms with Crippen molar-refractivity contribution < 1.29 is 19.0 Å². The van der Waals surface area contributed by atoms with Crippen molar-refractivity contribution in [2.24, 2.45) is 0 Å². The van der Waals surface area contributed by atoms with Gasteiger partial charge in [0.15, 0.2) is 11.5 Å². The Bertz CT molecular complexity index is 1070. The minimum atomic E-state index is -0.489. The summed E-state index contributed by atoms with van der Waals surface area (Å²) in [6, 6.07) is 20.9. The molecule has 1 N–H and O–H groups in total. The molecule has 0 unspecified atom stereocenters. The van der Waals surface area contributed by atoms with E-state index in [2.05, 4.69) is 5.32 Å². The molecule has 31 heavy (non-hydrogen) atoms. The fourth-order valence-corrected chi connectivity index (χ4v) is 3.78. The normalized spacial score (nSPS) is 13.2. The lowest BCUT2D eigenvalue weighted by Gasteiger charge is -2.28. The SMILES string of the molecule is COc1ccc(C)cc1NC(=O)[C@@H](c1ccccc1)N(C)Cc1ccc2c(c1)OCO2. The van der Waals surface area contributed by atoms with Crippen molar-refractivity contribution in [3.8, 4) is 17.2 Å². The van der Waals surface area contributed by atoms with Gasteiger partial charge in [0.05, 0.1) is 12.8 Å². The zero-order chi connectivity index (χ0) is 21.8. The predicted molar refractivity (Wildman–Crippen MR) is 120 cm³/mol. The summed E-state index contributed by atoms with van der Waals surface area (Å²) < 4.78 is 16.3. The van der Waals surface area contributed by atoms with Crippen molar-refractivity contribution in [1.82, 2.24) is 4.90 Å². The minimum absolute atomic E-state index is 0.127. The molecule has 6 heteroatoms. The van der Waals surface area contributed by atoms with Crippen LogP contribution in [0.15, 0.2) is 66.7 Å². The van der Waals surface area contributed by atoms with Gasteiger partial charge in [-0.15, -0.1) is 0 Å². The molecular weight excluding hydrogens is 392 g/mol. The molecule has 1 heterocycles. The van der Waals surface area contributed by atoms with Crippen LogP contribution in [-0.2, 0) is 11.3 Å². The summed E-state index contributed by atoms with van der Waals surface area (Å²) in [7, 11) is 3.54. The third-order valence-corrected chi connectivity index (χ3v) is 5.29. The van der Waals surface area contributed by atoms with Crippen molar-refractivity contribution in [2.45, 2.75) is 19.5 Å². The Balaban J connectivity index is 1.60. The van der Waals surface area contributed by atoms with Gasteiger partial charge >= 0.3 is 0 Å². The van der Waals surface area contributed by atoms with Gasteiger partial charge in [-0.05, 0) is 54.9 Å². The molecule has 0 bridgehead atoms. The maximum atomic E-state index is 13.5. The van der Waals surface area contributed by atoms with E-state index in [1.54, 1.807) is 7.11 Å². The molecule has 3 aromatic carbocycles. The van der Waals surface area contributed by atoms with E-state index in [9.17, 15) is 4.79 Å². The number of hydrogen-bond acceptors (Lipinski definition) is 5. The van der Waals surface area contributed by atoms with Crippen LogP contribution in [0.1, 0.15) is 22.7 Å². The number of rotatable bonds is 7. The van der Waals surface area contributed by atoms with Gasteiger partial charge in [-0.3, -0.25) is 9.69 Å². The number of aryl methyl sites for hydroxylation is 1. The Hall–Kier alpha value is -3.51. The Morgan fingerprint density at radius 2 is 1.84 bits per heavy atom. The van der Waals surface area contributed by atoms with E-state index < -0.39 is 6.04 Å². The Kier molecular flexibility index (Phi) is 6.09. The van der Waals surface area contributed by atoms with Crippen molar-refractivity contribution in [3.63, 3.8) is 0 Å². The third-order valence-electron chi connectivity index (χ3n) is 5.29. The molecule has 4 rings (SSSR count). The quantitative estimate of drug-likeness (QED) is 0.610. The topological polar surface area (TPSA) is 60.0 Å². The van der Waals surface area contributed by atoms with Gasteiger partial charge in [-0.25, -0.2) is 0 Å². The first-order chi connectivity index (χ1) is 15.0. The van der Waals surface area contributed by atoms with Gasteiger partial charge in [-0.2, -0.15) is 0 Å². The maximum absolute atomic E-state index is 13.5. The van der Waals surface area contributed by atoms with E-state index in [1.807, 2.05) is 85.6 Å². The molecular formula is C25H26N2O4. The maximum Gasteiger partial charge on any atom is 0.246 e. The van der Waals surface area contributed by atoms with E-state index in [0.717, 1.165) is 28.2 Å². The second kappa shape index (κ2) is 9.10. The molecule has 0 saturated carbocycles. The summed E-state index contributed by atoms with van der Waals surface area (Å²) >= 11 is 0. The molecule has 0 saturated heterocycles. The molecule has 0 aromatic heterocycles. The van der Waals surface area contributed by atoms with Crippen molar-refractivity contribution in [3.05, 3.63) is 83.4 Å². The lowest BCUT2D eigenvalue weighted by atomic mass is 10.0. The fourth-order valence-electron chi connectivity index (χ4n) is 3.78. The van der Waals surface area contributed by atoms with Gasteiger partial charge in [0.1, 0.15) is 11.8 Å². The van der Waals surface area contributed by atoms with Crippen LogP contribution in [0, 0.1) is 6.92 Å². The number of carbonyl (C=O) groups excluding carboxylic acids is 1. The molecule has 1 aliphatic rings. The third kappa shape index (κ3) is 4.64. The Morgan fingerprint density at radius 1 is 1.06 bits per heavy atom. The van der Waals surface area contributed by atoms with Crippen molar-refractivity contribution in [1.29, 1.82) is 0 Å². The zero-order valence-electron chi connectivity index (χ0n) is 17.9. The largest absolute Gasteiger partial charge is 0.495 e. The predicted octanol–water partition coefficient (Wildman–Crippen LogP) is 4.54. The van der Waals surface area contributed by atoms with Gasteiger partial charge in [0.2, 0.25) is 12.7 Å². The number of nitrogens with zero attached hydrogens (tertiary/aromatic N) is 1. The molecule has 1 atom stereocenters. The van der Waals surface area contributed by atoms with Crippen LogP contribution >= 0.6 is 0 Å². The first-order valence-electron chi connectivity index (χ1n) is 10.1. The molecule has 0 fully saturated rings. The second-order valence-electron chi connectivity index (χ2n) is 7.61. The number of fused-ring (bicyclic) bond motifs is 1. The van der Waals surface area contributed by atoms with Gasteiger partial charge in [0.25, 0.3) is 0 Å². The van der Waals surface area contributed by atoms with Crippen LogP contribution in [0.2, 0.25) is 0 Å². The molecule has 3 aromatic rings. The monoisotopic (exact) mass is 418 g/mol. The van der Waals surface area contributed by atoms with Gasteiger partial charge < -0.3 is 19.5 Å². The number of benzene rings is 3. The summed E-state index contributed by atoms with van der Waals surface area (Å²) in [6.07, 6.45) is 0. The van der Waals surface area contributed by atoms with E-state index in [0.29, 0.717) is 18.0 Å². The lowest BCUT2D eigenvalue weighted by molar-refractivity contribution is -0.121. The lowest BCUT2D eigenvalue weighted by Crippen LogP contribution is -2.34. The highest BCUT2D eigenvalue weighted by Gasteiger charge is 2.26. The number of amides is 1. The average Bonchev–Trinajstić information content (AvgIpc) is 3.23. The number of hydrogen-bond donors (Lipinski definition) is 1. The molecule has 6 nitrogen and oxygen atoms in total. The second-order valence-corrected chi connectivity index (χ2v) is 7.61. The van der Waals surface area contributed by atoms with E-state index in [-0.39, 0.29) is 12.7 Å². The van der Waals surface area contributed by atoms with Crippen LogP contribution in [0.4, 0.5) is 5.69 Å². The summed E-state index contributed by atoms with van der Waals surface area (Å²) in [5.74, 6) is 1.98. The van der Waals surface area contributed by atoms with Crippen LogP contribution in [-0.4, -0.2) is 31.8 Å². The molecule has 1 amide bonds. The smallest absolute Gasteiger partial charge is 0.246 e. The van der Waals surface area contributed by atoms with Crippen LogP contribution in [0.25, 0.3) is 0 Å². The van der Waals surface area contributed by atoms with Crippen molar-refractivity contribution in [2.75, 3.05) is 26.3 Å². The highest BCUT2D eigenvalue weighted by atomic mass is 16.7. The molecule has 0 aliphatic carbocycles. The number of anilines is 1. The van der Waals surface area contributed by atoms with Crippen LogP contribution in [0.5, 0.6) is 17.2 Å². The standard InChI is InChI=1S/C25H26N2O4/c1-17-9-11-21(29-3)20(13-17)26-25(28)24(19-7-5-4-6-8-19)27(2)15-18-10-12-22-23(14-18)31-16-30-22/h4-14,24H,15-16H2,1-3H3,(H,26,28)/t24-/m1/s1. The van der Waals surface area contributed by atoms with Crippen LogP contribution < -0.4 is 19.5 Å². The minimum Gasteiger partial charge on any atom is -0.495 e. The number of methoxy groups -OCH3 is 1. The fraction of sp³-hybridized carbons (Fsp3) is 0.240. The molecule has 1 aliphatic heterocycles. The molecule has 160 valence electrons. The van der Waals surface area contributed by atoms with E-state index in [1.165, 1.54) is 0 Å².